The van der Waals surface area contributed by atoms with Crippen LogP contribution < -0.4 is 20.3 Å². The second kappa shape index (κ2) is 9.97. The number of pyridine rings is 1. The second-order valence-electron chi connectivity index (χ2n) is 7.17. The van der Waals surface area contributed by atoms with Crippen LogP contribution in [0.1, 0.15) is 43.7 Å². The standard InChI is InChI=1S/C22H30N4O2/c1-3-28-20-14-17(2)8-10-19(20)25-22(27)24-16-18-9-11-21(23-15-18)26-12-6-4-5-7-13-26/h8-11,14-15H,3-7,12-13,16H2,1-2H3,(H2,24,25,27). The zero-order valence-electron chi connectivity index (χ0n) is 16.8. The van der Waals surface area contributed by atoms with Crippen LogP contribution in [0.5, 0.6) is 5.75 Å². The van der Waals surface area contributed by atoms with Gasteiger partial charge in [-0.05, 0) is 56.0 Å². The number of hydrogen-bond donors (Lipinski definition) is 2. The van der Waals surface area contributed by atoms with Crippen LogP contribution in [0.2, 0.25) is 0 Å². The lowest BCUT2D eigenvalue weighted by Gasteiger charge is -2.21. The molecule has 2 heterocycles. The van der Waals surface area contributed by atoms with Gasteiger partial charge in [-0.25, -0.2) is 9.78 Å². The van der Waals surface area contributed by atoms with Crippen molar-refractivity contribution in [3.05, 3.63) is 47.7 Å². The monoisotopic (exact) mass is 382 g/mol. The summed E-state index contributed by atoms with van der Waals surface area (Å²) in [5.74, 6) is 1.71. The van der Waals surface area contributed by atoms with E-state index in [9.17, 15) is 4.79 Å². The molecule has 0 unspecified atom stereocenters. The average Bonchev–Trinajstić information content (AvgIpc) is 2.99. The normalized spacial score (nSPS) is 14.3. The molecule has 1 aliphatic rings. The molecule has 2 N–H and O–H groups in total. The van der Waals surface area contributed by atoms with Crippen molar-refractivity contribution in [3.8, 4) is 5.75 Å². The van der Waals surface area contributed by atoms with Gasteiger partial charge >= 0.3 is 6.03 Å². The first kappa shape index (κ1) is 20.0. The second-order valence-corrected chi connectivity index (χ2v) is 7.17. The van der Waals surface area contributed by atoms with Gasteiger partial charge in [-0.3, -0.25) is 0 Å². The molecule has 2 aromatic rings. The van der Waals surface area contributed by atoms with Gasteiger partial charge < -0.3 is 20.3 Å². The third-order valence-electron chi connectivity index (χ3n) is 4.88. The molecule has 0 spiro atoms. The molecule has 0 bridgehead atoms. The number of nitrogens with one attached hydrogen (secondary N) is 2. The van der Waals surface area contributed by atoms with Crippen molar-refractivity contribution in [2.75, 3.05) is 29.9 Å². The topological polar surface area (TPSA) is 66.5 Å². The van der Waals surface area contributed by atoms with Crippen LogP contribution in [0.15, 0.2) is 36.5 Å². The number of amides is 2. The van der Waals surface area contributed by atoms with Crippen molar-refractivity contribution in [3.63, 3.8) is 0 Å². The molecule has 6 heteroatoms. The number of benzene rings is 1. The number of ether oxygens (including phenoxy) is 1. The zero-order valence-corrected chi connectivity index (χ0v) is 16.8. The Morgan fingerprint density at radius 2 is 1.93 bits per heavy atom. The first-order valence-electron chi connectivity index (χ1n) is 10.1. The maximum Gasteiger partial charge on any atom is 0.319 e. The number of rotatable bonds is 6. The van der Waals surface area contributed by atoms with E-state index in [4.69, 9.17) is 4.74 Å². The summed E-state index contributed by atoms with van der Waals surface area (Å²) in [7, 11) is 0. The van der Waals surface area contributed by atoms with Gasteiger partial charge in [0.05, 0.1) is 12.3 Å². The van der Waals surface area contributed by atoms with Gasteiger partial charge in [0, 0.05) is 25.8 Å². The Kier molecular flexibility index (Phi) is 7.12. The van der Waals surface area contributed by atoms with Crippen molar-refractivity contribution in [1.82, 2.24) is 10.3 Å². The third kappa shape index (κ3) is 5.62. The van der Waals surface area contributed by atoms with Crippen LogP contribution in [0.25, 0.3) is 0 Å². The zero-order chi connectivity index (χ0) is 19.8. The van der Waals surface area contributed by atoms with Gasteiger partial charge in [-0.1, -0.05) is 25.0 Å². The van der Waals surface area contributed by atoms with E-state index in [1.165, 1.54) is 25.7 Å². The molecule has 6 nitrogen and oxygen atoms in total. The van der Waals surface area contributed by atoms with E-state index in [1.54, 1.807) is 0 Å². The van der Waals surface area contributed by atoms with Gasteiger partial charge in [0.15, 0.2) is 0 Å². The van der Waals surface area contributed by atoms with Crippen molar-refractivity contribution in [2.45, 2.75) is 46.1 Å². The van der Waals surface area contributed by atoms with Crippen LogP contribution in [-0.4, -0.2) is 30.7 Å². The molecule has 150 valence electrons. The maximum absolute atomic E-state index is 12.3. The molecule has 1 fully saturated rings. The van der Waals surface area contributed by atoms with Crippen LogP contribution in [0, 0.1) is 6.92 Å². The largest absolute Gasteiger partial charge is 0.492 e. The Morgan fingerprint density at radius 3 is 2.61 bits per heavy atom. The predicted octanol–water partition coefficient (Wildman–Crippen LogP) is 4.49. The number of hydrogen-bond acceptors (Lipinski definition) is 4. The predicted molar refractivity (Wildman–Crippen MR) is 113 cm³/mol. The lowest BCUT2D eigenvalue weighted by molar-refractivity contribution is 0.251. The molecular weight excluding hydrogens is 352 g/mol. The quantitative estimate of drug-likeness (QED) is 0.772. The number of anilines is 2. The molecule has 1 saturated heterocycles. The average molecular weight is 383 g/mol. The van der Waals surface area contributed by atoms with E-state index in [0.717, 1.165) is 30.0 Å². The molecular formula is C22H30N4O2. The smallest absolute Gasteiger partial charge is 0.319 e. The number of urea groups is 1. The summed E-state index contributed by atoms with van der Waals surface area (Å²) in [4.78, 5) is 19.2. The molecule has 1 aromatic heterocycles. The Balaban J connectivity index is 1.53. The molecule has 0 atom stereocenters. The van der Waals surface area contributed by atoms with Crippen LogP contribution >= 0.6 is 0 Å². The first-order chi connectivity index (χ1) is 13.7. The van der Waals surface area contributed by atoms with Crippen molar-refractivity contribution in [1.29, 1.82) is 0 Å². The van der Waals surface area contributed by atoms with Crippen LogP contribution in [-0.2, 0) is 6.54 Å². The number of aromatic nitrogens is 1. The minimum absolute atomic E-state index is 0.263. The van der Waals surface area contributed by atoms with E-state index in [2.05, 4.69) is 20.5 Å². The molecule has 3 rings (SSSR count). The van der Waals surface area contributed by atoms with Gasteiger partial charge in [-0.15, -0.1) is 0 Å². The highest BCUT2D eigenvalue weighted by Crippen LogP contribution is 2.25. The summed E-state index contributed by atoms with van der Waals surface area (Å²) in [5, 5.41) is 5.74. The fraction of sp³-hybridized carbons (Fsp3) is 0.455. The third-order valence-corrected chi connectivity index (χ3v) is 4.88. The molecule has 1 aromatic carbocycles. The number of carbonyl (C=O) groups is 1. The van der Waals surface area contributed by atoms with E-state index < -0.39 is 0 Å². The number of nitrogens with zero attached hydrogens (tertiary/aromatic N) is 2. The highest BCUT2D eigenvalue weighted by molar-refractivity contribution is 5.90. The Bertz CT molecular complexity index is 769. The SMILES string of the molecule is CCOc1cc(C)ccc1NC(=O)NCc1ccc(N2CCCCCC2)nc1. The van der Waals surface area contributed by atoms with Crippen molar-refractivity contribution < 1.29 is 9.53 Å². The van der Waals surface area contributed by atoms with E-state index in [0.29, 0.717) is 24.6 Å². The lowest BCUT2D eigenvalue weighted by Crippen LogP contribution is -2.28. The summed E-state index contributed by atoms with van der Waals surface area (Å²) in [6, 6.07) is 9.55. The minimum Gasteiger partial charge on any atom is -0.492 e. The first-order valence-corrected chi connectivity index (χ1v) is 10.1. The molecule has 1 aliphatic heterocycles. The lowest BCUT2D eigenvalue weighted by atomic mass is 10.2. The van der Waals surface area contributed by atoms with Gasteiger partial charge in [0.1, 0.15) is 11.6 Å². The Morgan fingerprint density at radius 1 is 1.14 bits per heavy atom. The molecule has 2 amide bonds. The van der Waals surface area contributed by atoms with E-state index >= 15 is 0 Å². The fourth-order valence-corrected chi connectivity index (χ4v) is 3.36. The van der Waals surface area contributed by atoms with Crippen LogP contribution in [0.4, 0.5) is 16.3 Å². The van der Waals surface area contributed by atoms with Gasteiger partial charge in [-0.2, -0.15) is 0 Å². The van der Waals surface area contributed by atoms with Crippen molar-refractivity contribution in [2.24, 2.45) is 0 Å². The molecule has 0 aliphatic carbocycles. The minimum atomic E-state index is -0.263. The molecule has 28 heavy (non-hydrogen) atoms. The fourth-order valence-electron chi connectivity index (χ4n) is 3.36. The van der Waals surface area contributed by atoms with Gasteiger partial charge in [0.25, 0.3) is 0 Å². The summed E-state index contributed by atoms with van der Waals surface area (Å²) in [5.41, 5.74) is 2.73. The van der Waals surface area contributed by atoms with E-state index in [-0.39, 0.29) is 6.03 Å². The Hall–Kier alpha value is -2.76. The number of aryl methyl sites for hydroxylation is 1. The van der Waals surface area contributed by atoms with Crippen molar-refractivity contribution >= 4 is 17.5 Å². The molecule has 0 saturated carbocycles. The molecule has 0 radical (unpaired) electrons. The highest BCUT2D eigenvalue weighted by atomic mass is 16.5. The summed E-state index contributed by atoms with van der Waals surface area (Å²) >= 11 is 0. The number of carbonyl (C=O) groups excluding carboxylic acids is 1. The van der Waals surface area contributed by atoms with E-state index in [1.807, 2.05) is 50.4 Å². The maximum atomic E-state index is 12.3. The Labute approximate surface area is 167 Å². The van der Waals surface area contributed by atoms with Gasteiger partial charge in [0.2, 0.25) is 0 Å². The summed E-state index contributed by atoms with van der Waals surface area (Å²) in [6.45, 7) is 7.05. The summed E-state index contributed by atoms with van der Waals surface area (Å²) in [6.07, 6.45) is 6.92. The highest BCUT2D eigenvalue weighted by Gasteiger charge is 2.11. The summed E-state index contributed by atoms with van der Waals surface area (Å²) < 4.78 is 5.60. The van der Waals surface area contributed by atoms with Crippen LogP contribution in [0.3, 0.4) is 0 Å².